The first-order valence-electron chi connectivity index (χ1n) is 4.63. The molecule has 0 saturated carbocycles. The second-order valence-electron chi connectivity index (χ2n) is 3.67. The lowest BCUT2D eigenvalue weighted by molar-refractivity contribution is 0.326. The Labute approximate surface area is 82.6 Å². The van der Waals surface area contributed by atoms with Gasteiger partial charge in [0.25, 0.3) is 0 Å². The zero-order valence-corrected chi connectivity index (χ0v) is 8.68. The zero-order chi connectivity index (χ0) is 9.26. The minimum Gasteiger partial charge on any atom is -0.326 e. The summed E-state index contributed by atoms with van der Waals surface area (Å²) in [5.74, 6) is 0. The Morgan fingerprint density at radius 2 is 2.62 bits per heavy atom. The van der Waals surface area contributed by atoms with Crippen LogP contribution in [0.4, 0.5) is 0 Å². The number of thiazole rings is 1. The highest BCUT2D eigenvalue weighted by atomic mass is 32.1. The zero-order valence-electron chi connectivity index (χ0n) is 7.86. The third-order valence-corrected chi connectivity index (χ3v) is 3.29. The largest absolute Gasteiger partial charge is 0.326 e. The lowest BCUT2D eigenvalue weighted by Gasteiger charge is -2.12. The van der Waals surface area contributed by atoms with Gasteiger partial charge in [-0.15, -0.1) is 11.3 Å². The summed E-state index contributed by atoms with van der Waals surface area (Å²) in [5, 5.41) is 3.32. The van der Waals surface area contributed by atoms with Gasteiger partial charge in [-0.25, -0.2) is 4.98 Å². The Kier molecular flexibility index (Phi) is 2.62. The molecule has 1 aliphatic heterocycles. The fourth-order valence-electron chi connectivity index (χ4n) is 1.67. The molecular weight excluding hydrogens is 182 g/mol. The number of hydrogen-bond donors (Lipinski definition) is 1. The van der Waals surface area contributed by atoms with Crippen molar-refractivity contribution in [3.63, 3.8) is 0 Å². The molecule has 2 N–H and O–H groups in total. The van der Waals surface area contributed by atoms with Gasteiger partial charge in [-0.1, -0.05) is 0 Å². The molecule has 0 amide bonds. The number of nitrogens with zero attached hydrogens (tertiary/aromatic N) is 2. The van der Waals surface area contributed by atoms with Crippen molar-refractivity contribution in [2.45, 2.75) is 25.9 Å². The maximum Gasteiger partial charge on any atom is 0.107 e. The summed E-state index contributed by atoms with van der Waals surface area (Å²) < 4.78 is 0. The van der Waals surface area contributed by atoms with Gasteiger partial charge in [-0.3, -0.25) is 4.90 Å². The normalized spacial score (nSPS) is 24.0. The number of likely N-dealkylation sites (tertiary alicyclic amines) is 1. The fraction of sp³-hybridized carbons (Fsp3) is 0.667. The van der Waals surface area contributed by atoms with E-state index in [1.165, 1.54) is 5.01 Å². The second kappa shape index (κ2) is 3.74. The van der Waals surface area contributed by atoms with Gasteiger partial charge in [-0.2, -0.15) is 0 Å². The molecule has 2 heterocycles. The van der Waals surface area contributed by atoms with E-state index in [4.69, 9.17) is 5.73 Å². The van der Waals surface area contributed by atoms with E-state index < -0.39 is 0 Å². The molecule has 1 aliphatic rings. The van der Waals surface area contributed by atoms with E-state index in [0.717, 1.165) is 31.7 Å². The van der Waals surface area contributed by atoms with Crippen molar-refractivity contribution in [1.29, 1.82) is 0 Å². The molecule has 1 aromatic heterocycles. The predicted octanol–water partition coefficient (Wildman–Crippen LogP) is 0.985. The number of aryl methyl sites for hydroxylation is 1. The lowest BCUT2D eigenvalue weighted by atomic mass is 10.3. The lowest BCUT2D eigenvalue weighted by Crippen LogP contribution is -2.26. The highest BCUT2D eigenvalue weighted by Gasteiger charge is 2.19. The van der Waals surface area contributed by atoms with Crippen LogP contribution in [-0.2, 0) is 6.54 Å². The first-order valence-corrected chi connectivity index (χ1v) is 5.51. The summed E-state index contributed by atoms with van der Waals surface area (Å²) >= 11 is 1.74. The number of rotatable bonds is 2. The maximum absolute atomic E-state index is 5.83. The van der Waals surface area contributed by atoms with Crippen LogP contribution in [0.5, 0.6) is 0 Å². The molecule has 72 valence electrons. The van der Waals surface area contributed by atoms with Crippen molar-refractivity contribution in [3.05, 3.63) is 16.1 Å². The molecule has 1 unspecified atom stereocenters. The standard InChI is InChI=1S/C9H15N3S/c1-7-6-13-9(11-7)5-12-3-2-8(10)4-12/h6,8H,2-5,10H2,1H3. The maximum atomic E-state index is 5.83. The highest BCUT2D eigenvalue weighted by molar-refractivity contribution is 7.09. The third-order valence-electron chi connectivity index (χ3n) is 2.33. The monoisotopic (exact) mass is 197 g/mol. The Balaban J connectivity index is 1.91. The van der Waals surface area contributed by atoms with Crippen LogP contribution in [0, 0.1) is 6.92 Å². The van der Waals surface area contributed by atoms with Crippen molar-refractivity contribution >= 4 is 11.3 Å². The number of aromatic nitrogens is 1. The van der Waals surface area contributed by atoms with E-state index in [2.05, 4.69) is 15.3 Å². The topological polar surface area (TPSA) is 42.1 Å². The molecule has 4 heteroatoms. The van der Waals surface area contributed by atoms with Gasteiger partial charge in [0.15, 0.2) is 0 Å². The quantitative estimate of drug-likeness (QED) is 0.768. The minimum absolute atomic E-state index is 0.376. The Bertz CT molecular complexity index is 284. The van der Waals surface area contributed by atoms with Gasteiger partial charge in [0, 0.05) is 30.2 Å². The Morgan fingerprint density at radius 3 is 3.15 bits per heavy atom. The molecule has 0 radical (unpaired) electrons. The summed E-state index contributed by atoms with van der Waals surface area (Å²) in [7, 11) is 0. The van der Waals surface area contributed by atoms with Gasteiger partial charge in [0.1, 0.15) is 5.01 Å². The van der Waals surface area contributed by atoms with Crippen LogP contribution < -0.4 is 5.73 Å². The molecule has 0 aromatic carbocycles. The summed E-state index contributed by atoms with van der Waals surface area (Å²) in [6, 6.07) is 0.376. The minimum atomic E-state index is 0.376. The SMILES string of the molecule is Cc1csc(CN2CCC(N)C2)n1. The van der Waals surface area contributed by atoms with E-state index in [1.54, 1.807) is 11.3 Å². The van der Waals surface area contributed by atoms with E-state index in [9.17, 15) is 0 Å². The van der Waals surface area contributed by atoms with E-state index in [0.29, 0.717) is 6.04 Å². The average Bonchev–Trinajstić information content (AvgIpc) is 2.62. The summed E-state index contributed by atoms with van der Waals surface area (Å²) in [6.07, 6.45) is 1.13. The van der Waals surface area contributed by atoms with Gasteiger partial charge in [-0.05, 0) is 13.3 Å². The highest BCUT2D eigenvalue weighted by Crippen LogP contribution is 2.15. The van der Waals surface area contributed by atoms with Crippen molar-refractivity contribution in [1.82, 2.24) is 9.88 Å². The molecule has 1 fully saturated rings. The summed E-state index contributed by atoms with van der Waals surface area (Å²) in [4.78, 5) is 6.81. The molecule has 2 rings (SSSR count). The molecule has 3 nitrogen and oxygen atoms in total. The van der Waals surface area contributed by atoms with E-state index in [-0.39, 0.29) is 0 Å². The Hall–Kier alpha value is -0.450. The Morgan fingerprint density at radius 1 is 1.77 bits per heavy atom. The van der Waals surface area contributed by atoms with Crippen LogP contribution in [0.1, 0.15) is 17.1 Å². The molecule has 1 atom stereocenters. The van der Waals surface area contributed by atoms with Crippen LogP contribution in [0.25, 0.3) is 0 Å². The average molecular weight is 197 g/mol. The van der Waals surface area contributed by atoms with Crippen molar-refractivity contribution in [2.75, 3.05) is 13.1 Å². The first-order chi connectivity index (χ1) is 6.24. The molecule has 0 bridgehead atoms. The summed E-state index contributed by atoms with van der Waals surface area (Å²) in [6.45, 7) is 5.17. The molecule has 13 heavy (non-hydrogen) atoms. The van der Waals surface area contributed by atoms with E-state index >= 15 is 0 Å². The van der Waals surface area contributed by atoms with Gasteiger partial charge < -0.3 is 5.73 Å². The van der Waals surface area contributed by atoms with Crippen molar-refractivity contribution in [2.24, 2.45) is 5.73 Å². The van der Waals surface area contributed by atoms with Crippen LogP contribution in [0.3, 0.4) is 0 Å². The molecule has 1 saturated heterocycles. The smallest absolute Gasteiger partial charge is 0.107 e. The predicted molar refractivity (Wildman–Crippen MR) is 54.7 cm³/mol. The van der Waals surface area contributed by atoms with Crippen LogP contribution in [0.2, 0.25) is 0 Å². The fourth-order valence-corrected chi connectivity index (χ4v) is 2.49. The first kappa shape index (κ1) is 9.12. The third kappa shape index (κ3) is 2.27. The number of hydrogen-bond acceptors (Lipinski definition) is 4. The number of nitrogens with two attached hydrogens (primary N) is 1. The van der Waals surface area contributed by atoms with Crippen LogP contribution in [0.15, 0.2) is 5.38 Å². The van der Waals surface area contributed by atoms with Gasteiger partial charge >= 0.3 is 0 Å². The van der Waals surface area contributed by atoms with Crippen molar-refractivity contribution in [3.8, 4) is 0 Å². The molecule has 1 aromatic rings. The van der Waals surface area contributed by atoms with Crippen molar-refractivity contribution < 1.29 is 0 Å². The van der Waals surface area contributed by atoms with Gasteiger partial charge in [0.05, 0.1) is 6.54 Å². The van der Waals surface area contributed by atoms with Crippen LogP contribution >= 0.6 is 11.3 Å². The van der Waals surface area contributed by atoms with E-state index in [1.807, 2.05) is 6.92 Å². The summed E-state index contributed by atoms with van der Waals surface area (Å²) in [5.41, 5.74) is 6.95. The second-order valence-corrected chi connectivity index (χ2v) is 4.61. The van der Waals surface area contributed by atoms with Crippen LogP contribution in [-0.4, -0.2) is 29.0 Å². The molecule has 0 aliphatic carbocycles. The molecule has 0 spiro atoms. The van der Waals surface area contributed by atoms with Gasteiger partial charge in [0.2, 0.25) is 0 Å². The molecular formula is C9H15N3S.